The molecule has 2 aliphatic rings. The van der Waals surface area contributed by atoms with Crippen molar-refractivity contribution >= 4 is 11.8 Å². The van der Waals surface area contributed by atoms with Gasteiger partial charge in [0.1, 0.15) is 5.60 Å². The first-order chi connectivity index (χ1) is 17.0. The van der Waals surface area contributed by atoms with Gasteiger partial charge in [0.05, 0.1) is 17.8 Å². The summed E-state index contributed by atoms with van der Waals surface area (Å²) < 4.78 is 38.6. The summed E-state index contributed by atoms with van der Waals surface area (Å²) in [5, 5.41) is 16.4. The van der Waals surface area contributed by atoms with E-state index in [0.717, 1.165) is 55.4 Å². The van der Waals surface area contributed by atoms with Gasteiger partial charge in [-0.05, 0) is 69.4 Å². The molecule has 1 aromatic heterocycles. The zero-order chi connectivity index (χ0) is 25.9. The van der Waals surface area contributed by atoms with E-state index in [-0.39, 0.29) is 24.1 Å². The van der Waals surface area contributed by atoms with Gasteiger partial charge in [-0.15, -0.1) is 0 Å². The van der Waals surface area contributed by atoms with Gasteiger partial charge in [-0.25, -0.2) is 0 Å². The minimum atomic E-state index is -4.55. The van der Waals surface area contributed by atoms with Crippen molar-refractivity contribution in [2.75, 3.05) is 19.6 Å². The highest BCUT2D eigenvalue weighted by Crippen LogP contribution is 2.38. The molecule has 194 valence electrons. The number of aliphatic hydroxyl groups is 1. The van der Waals surface area contributed by atoms with Gasteiger partial charge in [-0.1, -0.05) is 12.1 Å². The lowest BCUT2D eigenvalue weighted by molar-refractivity contribution is -0.137. The van der Waals surface area contributed by atoms with Crippen molar-refractivity contribution in [1.82, 2.24) is 20.5 Å². The zero-order valence-electron chi connectivity index (χ0n) is 20.1. The third-order valence-electron chi connectivity index (χ3n) is 7.11. The number of alkyl halides is 3. The van der Waals surface area contributed by atoms with Crippen molar-refractivity contribution in [2.45, 2.75) is 62.9 Å². The number of pyridine rings is 1. The average Bonchev–Trinajstić information content (AvgIpc) is 3.31. The maximum absolute atomic E-state index is 12.9. The number of aromatic nitrogens is 1. The maximum Gasteiger partial charge on any atom is 0.416 e. The Balaban J connectivity index is 1.22. The molecule has 7 nitrogen and oxygen atoms in total. The molecule has 2 heterocycles. The van der Waals surface area contributed by atoms with Crippen LogP contribution in [-0.2, 0) is 16.6 Å². The Hall–Kier alpha value is -2.98. The van der Waals surface area contributed by atoms with Crippen LogP contribution in [-0.4, -0.2) is 58.5 Å². The fraction of sp³-hybridized carbons (Fsp3) is 0.500. The summed E-state index contributed by atoms with van der Waals surface area (Å²) in [6.07, 6.45) is -0.851. The van der Waals surface area contributed by atoms with Crippen LogP contribution >= 0.6 is 0 Å². The minimum Gasteiger partial charge on any atom is -0.384 e. The lowest BCUT2D eigenvalue weighted by atomic mass is 9.79. The number of amides is 2. The third-order valence-corrected chi connectivity index (χ3v) is 7.11. The zero-order valence-corrected chi connectivity index (χ0v) is 20.1. The fourth-order valence-corrected chi connectivity index (χ4v) is 5.12. The van der Waals surface area contributed by atoms with E-state index in [9.17, 15) is 27.9 Å². The summed E-state index contributed by atoms with van der Waals surface area (Å²) in [6.45, 7) is 3.10. The first kappa shape index (κ1) is 26.1. The van der Waals surface area contributed by atoms with E-state index >= 15 is 0 Å². The Bertz CT molecular complexity index is 1100. The Kier molecular flexibility index (Phi) is 7.65. The highest BCUT2D eigenvalue weighted by Gasteiger charge is 2.39. The summed E-state index contributed by atoms with van der Waals surface area (Å²) in [5.41, 5.74) is -0.371. The number of hydrogen-bond acceptors (Lipinski definition) is 5. The fourth-order valence-electron chi connectivity index (χ4n) is 5.12. The number of likely N-dealkylation sites (tertiary alicyclic amines) is 1. The van der Waals surface area contributed by atoms with Gasteiger partial charge in [-0.2, -0.15) is 13.2 Å². The molecule has 1 saturated heterocycles. The van der Waals surface area contributed by atoms with Crippen LogP contribution in [0.1, 0.15) is 59.4 Å². The van der Waals surface area contributed by atoms with Gasteiger partial charge in [0.25, 0.3) is 5.91 Å². The molecule has 1 aliphatic heterocycles. The highest BCUT2D eigenvalue weighted by molar-refractivity contribution is 5.96. The second kappa shape index (κ2) is 10.6. The molecule has 4 rings (SSSR count). The Morgan fingerprint density at radius 1 is 1.14 bits per heavy atom. The number of aryl methyl sites for hydroxylation is 1. The number of carbonyl (C=O) groups excluding carboxylic acids is 2. The quantitative estimate of drug-likeness (QED) is 0.562. The molecule has 2 amide bonds. The summed E-state index contributed by atoms with van der Waals surface area (Å²) in [7, 11) is 0. The number of benzene rings is 1. The van der Waals surface area contributed by atoms with Gasteiger partial charge in [0.15, 0.2) is 0 Å². The third kappa shape index (κ3) is 6.22. The van der Waals surface area contributed by atoms with E-state index in [1.165, 1.54) is 6.07 Å². The summed E-state index contributed by atoms with van der Waals surface area (Å²) in [6, 6.07) is 10.0. The van der Waals surface area contributed by atoms with Crippen LogP contribution in [0.4, 0.5) is 13.2 Å². The molecule has 3 N–H and O–H groups in total. The number of nitrogens with one attached hydrogen (secondary N) is 2. The van der Waals surface area contributed by atoms with E-state index in [1.54, 1.807) is 0 Å². The highest BCUT2D eigenvalue weighted by atomic mass is 19.4. The van der Waals surface area contributed by atoms with Crippen molar-refractivity contribution in [3.8, 4) is 0 Å². The second-order valence-electron chi connectivity index (χ2n) is 9.74. The monoisotopic (exact) mass is 504 g/mol. The number of halogens is 3. The van der Waals surface area contributed by atoms with Gasteiger partial charge in [-0.3, -0.25) is 19.5 Å². The number of carbonyl (C=O) groups is 2. The van der Waals surface area contributed by atoms with Gasteiger partial charge >= 0.3 is 6.18 Å². The molecular formula is C26H31F3N4O3. The Morgan fingerprint density at radius 2 is 1.86 bits per heavy atom. The maximum atomic E-state index is 12.9. The lowest BCUT2D eigenvalue weighted by Gasteiger charge is -2.39. The molecular weight excluding hydrogens is 473 g/mol. The summed E-state index contributed by atoms with van der Waals surface area (Å²) in [5.74, 6) is -1.12. The van der Waals surface area contributed by atoms with Crippen LogP contribution in [0, 0.1) is 6.92 Å². The lowest BCUT2D eigenvalue weighted by Crippen LogP contribution is -2.45. The molecule has 2 aromatic rings. The van der Waals surface area contributed by atoms with Crippen LogP contribution in [0.2, 0.25) is 0 Å². The van der Waals surface area contributed by atoms with Crippen molar-refractivity contribution < 1.29 is 27.9 Å². The second-order valence-corrected chi connectivity index (χ2v) is 9.74. The number of nitrogens with zero attached hydrogens (tertiary/aromatic N) is 2. The van der Waals surface area contributed by atoms with Crippen molar-refractivity contribution in [2.24, 2.45) is 0 Å². The van der Waals surface area contributed by atoms with Crippen LogP contribution in [0.15, 0.2) is 42.5 Å². The largest absolute Gasteiger partial charge is 0.416 e. The standard InChI is InChI=1S/C26H31F3N4O3/c1-17-4-2-7-22(31-17)25(36)11-8-21(9-12-25)33-13-10-20(16-33)32-23(34)15-30-24(35)18-5-3-6-19(14-18)26(27,28)29/h2-7,14,20-21,36H,8-13,15-16H2,1H3,(H,30,35)(H,32,34)/t20-,21?,25?/m1/s1. The molecule has 1 atom stereocenters. The molecule has 0 spiro atoms. The topological polar surface area (TPSA) is 94.6 Å². The van der Waals surface area contributed by atoms with Crippen LogP contribution in [0.25, 0.3) is 0 Å². The van der Waals surface area contributed by atoms with E-state index in [2.05, 4.69) is 20.5 Å². The normalized spacial score (nSPS) is 24.9. The molecule has 1 aromatic carbocycles. The molecule has 1 aliphatic carbocycles. The average molecular weight is 505 g/mol. The molecule has 10 heteroatoms. The van der Waals surface area contributed by atoms with E-state index in [0.29, 0.717) is 25.4 Å². The predicted octanol–water partition coefficient (Wildman–Crippen LogP) is 3.16. The van der Waals surface area contributed by atoms with Crippen molar-refractivity contribution in [3.05, 3.63) is 65.0 Å². The minimum absolute atomic E-state index is 0.0674. The molecule has 2 fully saturated rings. The van der Waals surface area contributed by atoms with E-state index < -0.39 is 23.2 Å². The van der Waals surface area contributed by atoms with Crippen molar-refractivity contribution in [1.29, 1.82) is 0 Å². The molecule has 0 radical (unpaired) electrons. The summed E-state index contributed by atoms with van der Waals surface area (Å²) >= 11 is 0. The van der Waals surface area contributed by atoms with Gasteiger partial charge < -0.3 is 15.7 Å². The number of hydrogen-bond donors (Lipinski definition) is 3. The van der Waals surface area contributed by atoms with E-state index in [4.69, 9.17) is 0 Å². The molecule has 1 saturated carbocycles. The molecule has 0 bridgehead atoms. The van der Waals surface area contributed by atoms with E-state index in [1.807, 2.05) is 25.1 Å². The predicted molar refractivity (Wildman–Crippen MR) is 127 cm³/mol. The van der Waals surface area contributed by atoms with Crippen LogP contribution in [0.3, 0.4) is 0 Å². The van der Waals surface area contributed by atoms with Crippen molar-refractivity contribution in [3.63, 3.8) is 0 Å². The molecule has 0 unspecified atom stereocenters. The Morgan fingerprint density at radius 3 is 2.56 bits per heavy atom. The molecule has 36 heavy (non-hydrogen) atoms. The van der Waals surface area contributed by atoms with Crippen LogP contribution < -0.4 is 10.6 Å². The van der Waals surface area contributed by atoms with Crippen LogP contribution in [0.5, 0.6) is 0 Å². The first-order valence-corrected chi connectivity index (χ1v) is 12.2. The Labute approximate surface area is 208 Å². The SMILES string of the molecule is Cc1cccc(C2(O)CCC(N3CC[C@@H](NC(=O)CNC(=O)c4cccc(C(F)(F)F)c4)C3)CC2)n1. The first-order valence-electron chi connectivity index (χ1n) is 12.2. The smallest absolute Gasteiger partial charge is 0.384 e. The summed E-state index contributed by atoms with van der Waals surface area (Å²) in [4.78, 5) is 31.4. The van der Waals surface area contributed by atoms with Gasteiger partial charge in [0, 0.05) is 36.4 Å². The van der Waals surface area contributed by atoms with Gasteiger partial charge in [0.2, 0.25) is 5.91 Å². The number of rotatable bonds is 6.